The molecule has 2 aliphatic rings. The number of rotatable bonds is 7. The van der Waals surface area contributed by atoms with Crippen LogP contribution < -0.4 is 14.8 Å². The molecule has 3 aromatic rings. The van der Waals surface area contributed by atoms with Crippen molar-refractivity contribution in [1.82, 2.24) is 19.8 Å². The molecule has 0 radical (unpaired) electrons. The third-order valence-corrected chi connectivity index (χ3v) is 6.11. The number of aryl methyl sites for hydroxylation is 1. The minimum Gasteiger partial charge on any atom is -0.457 e. The standard InChI is InChI=1S/C24H26N4O3/c1-27-15-23(26-16-27)31-24(29)28(14-22-20-11-25-12-21(20)22)13-17-7-9-19(10-8-17)30-18-5-3-2-4-6-18/h2-10,15-16,20-22,25H,11-14H2,1H3. The number of para-hydroxylation sites is 1. The Morgan fingerprint density at radius 2 is 1.81 bits per heavy atom. The van der Waals surface area contributed by atoms with Gasteiger partial charge in [0.05, 0.1) is 12.5 Å². The van der Waals surface area contributed by atoms with E-state index in [1.807, 2.05) is 61.6 Å². The fourth-order valence-electron chi connectivity index (χ4n) is 4.38. The van der Waals surface area contributed by atoms with Crippen molar-refractivity contribution in [2.75, 3.05) is 19.6 Å². The van der Waals surface area contributed by atoms with Gasteiger partial charge in [-0.15, -0.1) is 0 Å². The SMILES string of the molecule is Cn1cnc(OC(=O)N(Cc2ccc(Oc3ccccc3)cc2)CC2C3CNCC32)c1. The zero-order valence-electron chi connectivity index (χ0n) is 17.5. The van der Waals surface area contributed by atoms with Crippen LogP contribution in [0.15, 0.2) is 67.1 Å². The Hall–Kier alpha value is -3.32. The van der Waals surface area contributed by atoms with E-state index in [0.29, 0.717) is 36.7 Å². The molecule has 2 fully saturated rings. The van der Waals surface area contributed by atoms with Gasteiger partial charge in [0.2, 0.25) is 5.88 Å². The molecule has 2 heterocycles. The van der Waals surface area contributed by atoms with E-state index in [1.165, 1.54) is 0 Å². The average molecular weight is 418 g/mol. The summed E-state index contributed by atoms with van der Waals surface area (Å²) in [5.74, 6) is 3.77. The number of fused-ring (bicyclic) bond motifs is 1. The Morgan fingerprint density at radius 1 is 1.10 bits per heavy atom. The van der Waals surface area contributed by atoms with Crippen LogP contribution in [0.2, 0.25) is 0 Å². The molecule has 1 aliphatic heterocycles. The van der Waals surface area contributed by atoms with Gasteiger partial charge in [0, 0.05) is 20.1 Å². The van der Waals surface area contributed by atoms with Gasteiger partial charge < -0.3 is 24.3 Å². The lowest BCUT2D eigenvalue weighted by Crippen LogP contribution is -2.36. The zero-order chi connectivity index (χ0) is 21.2. The van der Waals surface area contributed by atoms with E-state index in [0.717, 1.165) is 30.2 Å². The normalized spacial score (nSPS) is 21.4. The van der Waals surface area contributed by atoms with E-state index in [9.17, 15) is 4.79 Å². The predicted molar refractivity (Wildman–Crippen MR) is 116 cm³/mol. The largest absolute Gasteiger partial charge is 0.457 e. The molecule has 1 amide bonds. The second-order valence-corrected chi connectivity index (χ2v) is 8.33. The highest BCUT2D eigenvalue weighted by atomic mass is 16.6. The maximum absolute atomic E-state index is 12.9. The fraction of sp³-hybridized carbons (Fsp3) is 0.333. The molecular weight excluding hydrogens is 392 g/mol. The van der Waals surface area contributed by atoms with E-state index >= 15 is 0 Å². The molecule has 1 aromatic heterocycles. The molecule has 31 heavy (non-hydrogen) atoms. The predicted octanol–water partition coefficient (Wildman–Crippen LogP) is 3.68. The maximum Gasteiger partial charge on any atom is 0.416 e. The monoisotopic (exact) mass is 418 g/mol. The summed E-state index contributed by atoms with van der Waals surface area (Å²) in [6.45, 7) is 3.28. The lowest BCUT2D eigenvalue weighted by molar-refractivity contribution is 0.143. The molecule has 0 bridgehead atoms. The number of piperidine rings is 1. The highest BCUT2D eigenvalue weighted by Crippen LogP contribution is 2.49. The molecule has 2 atom stereocenters. The number of imidazole rings is 1. The van der Waals surface area contributed by atoms with Crippen molar-refractivity contribution in [3.63, 3.8) is 0 Å². The Balaban J connectivity index is 1.26. The number of carbonyl (C=O) groups excluding carboxylic acids is 1. The van der Waals surface area contributed by atoms with Gasteiger partial charge >= 0.3 is 6.09 Å². The number of aromatic nitrogens is 2. The molecule has 1 N–H and O–H groups in total. The highest BCUT2D eigenvalue weighted by Gasteiger charge is 2.53. The molecule has 2 unspecified atom stereocenters. The van der Waals surface area contributed by atoms with Gasteiger partial charge in [-0.3, -0.25) is 0 Å². The Bertz CT molecular complexity index is 1020. The lowest BCUT2D eigenvalue weighted by Gasteiger charge is -2.22. The van der Waals surface area contributed by atoms with E-state index in [1.54, 1.807) is 22.0 Å². The first-order valence-electron chi connectivity index (χ1n) is 10.6. The zero-order valence-corrected chi connectivity index (χ0v) is 17.5. The average Bonchev–Trinajstić information content (AvgIpc) is 3.11. The first-order chi connectivity index (χ1) is 15.2. The Labute approximate surface area is 181 Å². The van der Waals surface area contributed by atoms with Crippen LogP contribution in [0.25, 0.3) is 0 Å². The van der Waals surface area contributed by atoms with Gasteiger partial charge in [-0.1, -0.05) is 30.3 Å². The van der Waals surface area contributed by atoms with Gasteiger partial charge in [0.25, 0.3) is 0 Å². The van der Waals surface area contributed by atoms with E-state index in [2.05, 4.69) is 10.3 Å². The van der Waals surface area contributed by atoms with Crippen molar-refractivity contribution in [3.8, 4) is 17.4 Å². The minimum atomic E-state index is -0.360. The fourth-order valence-corrected chi connectivity index (χ4v) is 4.38. The summed E-state index contributed by atoms with van der Waals surface area (Å²) < 4.78 is 13.2. The maximum atomic E-state index is 12.9. The van der Waals surface area contributed by atoms with Gasteiger partial charge in [-0.05, 0) is 60.7 Å². The van der Waals surface area contributed by atoms with Gasteiger partial charge in [-0.25, -0.2) is 9.78 Å². The number of ether oxygens (including phenoxy) is 2. The van der Waals surface area contributed by atoms with Gasteiger partial charge in [0.1, 0.15) is 11.5 Å². The summed E-state index contributed by atoms with van der Waals surface area (Å²) in [5.41, 5.74) is 1.03. The number of nitrogens with zero attached hydrogens (tertiary/aromatic N) is 3. The molecular formula is C24H26N4O3. The summed E-state index contributed by atoms with van der Waals surface area (Å²) in [5, 5.41) is 3.41. The molecule has 7 nitrogen and oxygen atoms in total. The second kappa shape index (κ2) is 8.43. The van der Waals surface area contributed by atoms with Crippen molar-refractivity contribution in [2.45, 2.75) is 6.54 Å². The summed E-state index contributed by atoms with van der Waals surface area (Å²) in [4.78, 5) is 18.8. The van der Waals surface area contributed by atoms with Crippen LogP contribution in [0.3, 0.4) is 0 Å². The van der Waals surface area contributed by atoms with Gasteiger partial charge in [-0.2, -0.15) is 0 Å². The number of amides is 1. The van der Waals surface area contributed by atoms with Crippen LogP contribution in [0.5, 0.6) is 17.4 Å². The van der Waals surface area contributed by atoms with Crippen LogP contribution in [-0.2, 0) is 13.6 Å². The topological polar surface area (TPSA) is 68.6 Å². The molecule has 1 saturated carbocycles. The first kappa shape index (κ1) is 19.6. The minimum absolute atomic E-state index is 0.321. The summed E-state index contributed by atoms with van der Waals surface area (Å²) in [7, 11) is 1.85. The third-order valence-electron chi connectivity index (χ3n) is 6.11. The van der Waals surface area contributed by atoms with Crippen LogP contribution >= 0.6 is 0 Å². The number of benzene rings is 2. The number of hydrogen-bond acceptors (Lipinski definition) is 5. The Morgan fingerprint density at radius 3 is 2.48 bits per heavy atom. The van der Waals surface area contributed by atoms with Crippen molar-refractivity contribution in [3.05, 3.63) is 72.7 Å². The third kappa shape index (κ3) is 4.56. The molecule has 7 heteroatoms. The van der Waals surface area contributed by atoms with Crippen molar-refractivity contribution in [2.24, 2.45) is 24.8 Å². The van der Waals surface area contributed by atoms with Crippen molar-refractivity contribution in [1.29, 1.82) is 0 Å². The van der Waals surface area contributed by atoms with Crippen molar-refractivity contribution >= 4 is 6.09 Å². The van der Waals surface area contributed by atoms with E-state index < -0.39 is 0 Å². The van der Waals surface area contributed by atoms with Crippen LogP contribution in [0.4, 0.5) is 4.79 Å². The lowest BCUT2D eigenvalue weighted by atomic mass is 10.2. The molecule has 2 aromatic carbocycles. The smallest absolute Gasteiger partial charge is 0.416 e. The summed E-state index contributed by atoms with van der Waals surface area (Å²) in [6.07, 6.45) is 2.96. The van der Waals surface area contributed by atoms with E-state index in [-0.39, 0.29) is 6.09 Å². The summed E-state index contributed by atoms with van der Waals surface area (Å²) >= 11 is 0. The Kier molecular flexibility index (Phi) is 5.34. The van der Waals surface area contributed by atoms with Crippen LogP contribution in [0.1, 0.15) is 5.56 Å². The quantitative estimate of drug-likeness (QED) is 0.634. The number of nitrogens with one attached hydrogen (secondary N) is 1. The number of hydrogen-bond donors (Lipinski definition) is 1. The van der Waals surface area contributed by atoms with Crippen LogP contribution in [0, 0.1) is 17.8 Å². The molecule has 0 spiro atoms. The van der Waals surface area contributed by atoms with Gasteiger partial charge in [0.15, 0.2) is 0 Å². The second-order valence-electron chi connectivity index (χ2n) is 8.33. The summed E-state index contributed by atoms with van der Waals surface area (Å²) in [6, 6.07) is 17.5. The van der Waals surface area contributed by atoms with Crippen LogP contribution in [-0.4, -0.2) is 40.2 Å². The highest BCUT2D eigenvalue weighted by molar-refractivity contribution is 5.70. The number of carbonyl (C=O) groups is 1. The molecule has 5 rings (SSSR count). The first-order valence-corrected chi connectivity index (χ1v) is 10.6. The molecule has 1 saturated heterocycles. The molecule has 1 aliphatic carbocycles. The molecule has 160 valence electrons. The van der Waals surface area contributed by atoms with Crippen molar-refractivity contribution < 1.29 is 14.3 Å². The van der Waals surface area contributed by atoms with E-state index in [4.69, 9.17) is 9.47 Å².